The number of ether oxygens (including phenoxy) is 1. The minimum Gasteiger partial charge on any atom is -0.491 e. The summed E-state index contributed by atoms with van der Waals surface area (Å²) in [6.07, 6.45) is 1.95. The summed E-state index contributed by atoms with van der Waals surface area (Å²) in [4.78, 5) is 8.73. The number of aromatic nitrogens is 2. The summed E-state index contributed by atoms with van der Waals surface area (Å²) in [6.45, 7) is 2.22. The number of hydrogen-bond donors (Lipinski definition) is 2. The van der Waals surface area contributed by atoms with E-state index in [0.717, 1.165) is 27.9 Å². The molecule has 0 saturated heterocycles. The summed E-state index contributed by atoms with van der Waals surface area (Å²) in [5.74, 6) is 1.22. The molecule has 0 saturated carbocycles. The molecule has 3 rings (SSSR count). The van der Waals surface area contributed by atoms with Crippen molar-refractivity contribution in [3.63, 3.8) is 0 Å². The topological polar surface area (TPSA) is 81.3 Å². The molecule has 2 aromatic heterocycles. The lowest BCUT2D eigenvalue weighted by Crippen LogP contribution is -2.15. The summed E-state index contributed by atoms with van der Waals surface area (Å²) in [6, 6.07) is 13.3. The van der Waals surface area contributed by atoms with Crippen molar-refractivity contribution < 1.29 is 9.84 Å². The Labute approximate surface area is 134 Å². The van der Waals surface area contributed by atoms with Crippen molar-refractivity contribution in [3.05, 3.63) is 48.7 Å². The fourth-order valence-electron chi connectivity index (χ4n) is 2.22. The number of nitrogens with zero attached hydrogens (tertiary/aromatic N) is 2. The van der Waals surface area contributed by atoms with E-state index < -0.39 is 6.10 Å². The summed E-state index contributed by atoms with van der Waals surface area (Å²) >= 11 is 0. The third-order valence-corrected chi connectivity index (χ3v) is 3.66. The summed E-state index contributed by atoms with van der Waals surface area (Å²) in [5.41, 5.74) is 8.26. The van der Waals surface area contributed by atoms with Crippen molar-refractivity contribution in [3.8, 4) is 17.0 Å². The fourth-order valence-corrected chi connectivity index (χ4v) is 2.22. The molecule has 1 unspecified atom stereocenters. The molecule has 2 heterocycles. The van der Waals surface area contributed by atoms with Crippen LogP contribution in [-0.2, 0) is 0 Å². The van der Waals surface area contributed by atoms with E-state index in [2.05, 4.69) is 9.97 Å². The molecule has 0 aliphatic carbocycles. The highest BCUT2D eigenvalue weighted by molar-refractivity contribution is 5.82. The van der Waals surface area contributed by atoms with E-state index >= 15 is 0 Å². The summed E-state index contributed by atoms with van der Waals surface area (Å²) in [7, 11) is 0. The highest BCUT2D eigenvalue weighted by atomic mass is 16.5. The first-order chi connectivity index (χ1) is 11.2. The minimum absolute atomic E-state index is 0.296. The van der Waals surface area contributed by atoms with Gasteiger partial charge >= 0.3 is 0 Å². The zero-order chi connectivity index (χ0) is 16.2. The largest absolute Gasteiger partial charge is 0.491 e. The Morgan fingerprint density at radius 1 is 1.17 bits per heavy atom. The van der Waals surface area contributed by atoms with Gasteiger partial charge in [0.2, 0.25) is 0 Å². The van der Waals surface area contributed by atoms with E-state index in [1.165, 1.54) is 0 Å². The second kappa shape index (κ2) is 6.62. The third kappa shape index (κ3) is 3.57. The van der Waals surface area contributed by atoms with Gasteiger partial charge in [0.05, 0.1) is 17.3 Å². The van der Waals surface area contributed by atoms with Crippen LogP contribution in [0.1, 0.15) is 13.3 Å². The lowest BCUT2D eigenvalue weighted by Gasteiger charge is -2.11. The fraction of sp³-hybridized carbons (Fsp3) is 0.222. The van der Waals surface area contributed by atoms with Crippen LogP contribution in [0.2, 0.25) is 0 Å². The highest BCUT2D eigenvalue weighted by Crippen LogP contribution is 2.24. The summed E-state index contributed by atoms with van der Waals surface area (Å²) < 4.78 is 5.59. The molecular formula is C18H19N3O2. The van der Waals surface area contributed by atoms with Gasteiger partial charge in [0.25, 0.3) is 0 Å². The number of aliphatic hydroxyl groups excluding tert-OH is 1. The molecule has 118 valence electrons. The standard InChI is InChI=1S/C18H19N3O2/c1-2-14(22)11-23-15-5-7-16-12(9-15)3-6-17(21-16)13-4-8-18(19)20-10-13/h3-10,14,22H,2,11H2,1H3,(H2,19,20). The molecule has 5 heteroatoms. The molecule has 1 atom stereocenters. The molecule has 0 spiro atoms. The van der Waals surface area contributed by atoms with Gasteiger partial charge in [-0.25, -0.2) is 9.97 Å². The van der Waals surface area contributed by atoms with Crippen LogP contribution in [0.3, 0.4) is 0 Å². The molecule has 0 aliphatic heterocycles. The van der Waals surface area contributed by atoms with E-state index in [-0.39, 0.29) is 0 Å². The van der Waals surface area contributed by atoms with Gasteiger partial charge in [-0.05, 0) is 42.8 Å². The molecule has 3 N–H and O–H groups in total. The molecule has 0 fully saturated rings. The molecule has 3 aromatic rings. The number of nitrogens with two attached hydrogens (primary N) is 1. The van der Waals surface area contributed by atoms with Gasteiger partial charge in [-0.15, -0.1) is 0 Å². The van der Waals surface area contributed by atoms with E-state index in [9.17, 15) is 5.11 Å². The van der Waals surface area contributed by atoms with E-state index in [1.807, 2.05) is 43.3 Å². The highest BCUT2D eigenvalue weighted by Gasteiger charge is 2.05. The van der Waals surface area contributed by atoms with Crippen LogP contribution < -0.4 is 10.5 Å². The van der Waals surface area contributed by atoms with Crippen LogP contribution >= 0.6 is 0 Å². The van der Waals surface area contributed by atoms with Gasteiger partial charge in [-0.2, -0.15) is 0 Å². The maximum Gasteiger partial charge on any atom is 0.123 e. The Hall–Kier alpha value is -2.66. The van der Waals surface area contributed by atoms with E-state index in [0.29, 0.717) is 18.8 Å². The number of hydrogen-bond acceptors (Lipinski definition) is 5. The molecule has 0 radical (unpaired) electrons. The average molecular weight is 309 g/mol. The van der Waals surface area contributed by atoms with Gasteiger partial charge in [0.1, 0.15) is 18.2 Å². The Morgan fingerprint density at radius 2 is 2.04 bits per heavy atom. The van der Waals surface area contributed by atoms with Gasteiger partial charge < -0.3 is 15.6 Å². The molecule has 0 bridgehead atoms. The van der Waals surface area contributed by atoms with Crippen molar-refractivity contribution in [1.82, 2.24) is 9.97 Å². The number of rotatable bonds is 5. The van der Waals surface area contributed by atoms with Gasteiger partial charge in [-0.1, -0.05) is 13.0 Å². The van der Waals surface area contributed by atoms with Crippen molar-refractivity contribution in [1.29, 1.82) is 0 Å². The van der Waals surface area contributed by atoms with Crippen LogP contribution in [0.5, 0.6) is 5.75 Å². The Balaban J connectivity index is 1.85. The van der Waals surface area contributed by atoms with E-state index in [4.69, 9.17) is 10.5 Å². The Bertz CT molecular complexity index is 803. The second-order valence-corrected chi connectivity index (χ2v) is 5.40. The molecule has 23 heavy (non-hydrogen) atoms. The molecule has 0 amide bonds. The smallest absolute Gasteiger partial charge is 0.123 e. The van der Waals surface area contributed by atoms with Crippen LogP contribution in [0.4, 0.5) is 5.82 Å². The Kier molecular flexibility index (Phi) is 4.39. The first-order valence-corrected chi connectivity index (χ1v) is 7.59. The van der Waals surface area contributed by atoms with Crippen LogP contribution in [0, 0.1) is 0 Å². The Morgan fingerprint density at radius 3 is 2.78 bits per heavy atom. The lowest BCUT2D eigenvalue weighted by molar-refractivity contribution is 0.104. The molecular weight excluding hydrogens is 290 g/mol. The zero-order valence-electron chi connectivity index (χ0n) is 12.9. The van der Waals surface area contributed by atoms with Crippen LogP contribution in [-0.4, -0.2) is 27.8 Å². The van der Waals surface area contributed by atoms with Gasteiger partial charge in [0, 0.05) is 17.1 Å². The number of anilines is 1. The monoisotopic (exact) mass is 309 g/mol. The van der Waals surface area contributed by atoms with Crippen LogP contribution in [0.15, 0.2) is 48.7 Å². The van der Waals surface area contributed by atoms with Crippen molar-refractivity contribution >= 4 is 16.7 Å². The predicted molar refractivity (Wildman–Crippen MR) is 91.2 cm³/mol. The summed E-state index contributed by atoms with van der Waals surface area (Å²) in [5, 5.41) is 10.5. The number of benzene rings is 1. The van der Waals surface area contributed by atoms with Crippen molar-refractivity contribution in [2.45, 2.75) is 19.4 Å². The van der Waals surface area contributed by atoms with E-state index in [1.54, 1.807) is 12.3 Å². The van der Waals surface area contributed by atoms with Gasteiger partial charge in [-0.3, -0.25) is 0 Å². The van der Waals surface area contributed by atoms with Crippen molar-refractivity contribution in [2.24, 2.45) is 0 Å². The quantitative estimate of drug-likeness (QED) is 0.757. The molecule has 5 nitrogen and oxygen atoms in total. The SMILES string of the molecule is CCC(O)COc1ccc2nc(-c3ccc(N)nc3)ccc2c1. The van der Waals surface area contributed by atoms with Crippen LogP contribution in [0.25, 0.3) is 22.2 Å². The number of pyridine rings is 2. The number of aliphatic hydroxyl groups is 1. The zero-order valence-corrected chi connectivity index (χ0v) is 12.9. The predicted octanol–water partition coefficient (Wildman–Crippen LogP) is 3.03. The van der Waals surface area contributed by atoms with Crippen molar-refractivity contribution in [2.75, 3.05) is 12.3 Å². The first-order valence-electron chi connectivity index (χ1n) is 7.59. The van der Waals surface area contributed by atoms with Gasteiger partial charge in [0.15, 0.2) is 0 Å². The maximum atomic E-state index is 9.56. The second-order valence-electron chi connectivity index (χ2n) is 5.40. The molecule has 1 aromatic carbocycles. The number of nitrogen functional groups attached to an aromatic ring is 1. The normalized spacial score (nSPS) is 12.3. The minimum atomic E-state index is -0.441. The lowest BCUT2D eigenvalue weighted by atomic mass is 10.1. The number of fused-ring (bicyclic) bond motifs is 1. The average Bonchev–Trinajstić information content (AvgIpc) is 2.59. The maximum absolute atomic E-state index is 9.56. The first kappa shape index (κ1) is 15.2. The molecule has 0 aliphatic rings. The third-order valence-electron chi connectivity index (χ3n) is 3.66.